The number of nitrogens with two attached hydrogens (primary N) is 1. The van der Waals surface area contributed by atoms with Gasteiger partial charge in [-0.15, -0.1) is 0 Å². The van der Waals surface area contributed by atoms with Crippen molar-refractivity contribution in [1.29, 1.82) is 0 Å². The van der Waals surface area contributed by atoms with E-state index in [9.17, 15) is 14.4 Å². The summed E-state index contributed by atoms with van der Waals surface area (Å²) in [7, 11) is 3.40. The number of anilines is 2. The average molecular weight is 555 g/mol. The number of halogens is 1. The Kier molecular flexibility index (Phi) is 7.34. The van der Waals surface area contributed by atoms with Crippen molar-refractivity contribution in [2.75, 3.05) is 38.2 Å². The van der Waals surface area contributed by atoms with Gasteiger partial charge in [0.25, 0.3) is 5.91 Å². The van der Waals surface area contributed by atoms with Crippen molar-refractivity contribution in [3.63, 3.8) is 0 Å². The molecule has 0 bridgehead atoms. The van der Waals surface area contributed by atoms with E-state index in [-0.39, 0.29) is 35.8 Å². The maximum Gasteiger partial charge on any atom is 0.277 e. The van der Waals surface area contributed by atoms with Gasteiger partial charge in [0.2, 0.25) is 11.8 Å². The Balaban J connectivity index is 1.63. The largest absolute Gasteiger partial charge is 0.383 e. The first-order valence-corrected chi connectivity index (χ1v) is 12.2. The molecule has 12 heteroatoms. The van der Waals surface area contributed by atoms with Crippen molar-refractivity contribution in [3.05, 3.63) is 52.9 Å². The number of piperidine rings is 1. The fraction of sp³-hybridized carbons (Fsp3) is 0.333. The fourth-order valence-corrected chi connectivity index (χ4v) is 4.70. The summed E-state index contributed by atoms with van der Waals surface area (Å²) in [5.41, 5.74) is 7.99. The maximum absolute atomic E-state index is 13.3. The molecule has 0 unspecified atom stereocenters. The molecule has 0 radical (unpaired) electrons. The van der Waals surface area contributed by atoms with Crippen LogP contribution >= 0.6 is 15.9 Å². The van der Waals surface area contributed by atoms with E-state index in [1.54, 1.807) is 41.9 Å². The van der Waals surface area contributed by atoms with Crippen LogP contribution < -0.4 is 11.1 Å². The number of nitrogen functional groups attached to an aromatic ring is 1. The Bertz CT molecular complexity index is 1350. The number of fused-ring (bicyclic) bond motifs is 1. The molecular weight excluding hydrogens is 528 g/mol. The predicted octanol–water partition coefficient (Wildman–Crippen LogP) is 2.40. The van der Waals surface area contributed by atoms with Gasteiger partial charge in [-0.1, -0.05) is 12.6 Å². The lowest BCUT2D eigenvalue weighted by Crippen LogP contribution is -2.40. The first-order valence-electron chi connectivity index (χ1n) is 11.4. The van der Waals surface area contributed by atoms with Gasteiger partial charge in [-0.2, -0.15) is 5.10 Å². The molecule has 0 spiro atoms. The van der Waals surface area contributed by atoms with E-state index in [1.165, 1.54) is 17.3 Å². The minimum atomic E-state index is -0.479. The number of likely N-dealkylation sites (N-methyl/N-ethyl adjacent to an activating group) is 1. The van der Waals surface area contributed by atoms with Gasteiger partial charge in [0.1, 0.15) is 12.1 Å². The molecule has 1 aromatic carbocycles. The van der Waals surface area contributed by atoms with Gasteiger partial charge in [-0.05, 0) is 52.5 Å². The second kappa shape index (κ2) is 10.4. The lowest BCUT2D eigenvalue weighted by atomic mass is 10.1. The number of benzene rings is 1. The number of rotatable bonds is 6. The maximum atomic E-state index is 13.3. The Labute approximate surface area is 216 Å². The number of hydrogen-bond acceptors (Lipinski definition) is 7. The van der Waals surface area contributed by atoms with Crippen LogP contribution in [0.5, 0.6) is 0 Å². The molecule has 0 saturated carbocycles. The number of carbonyl (C=O) groups is 3. The summed E-state index contributed by atoms with van der Waals surface area (Å²) in [5.74, 6) is -0.512. The molecule has 0 aliphatic carbocycles. The van der Waals surface area contributed by atoms with E-state index < -0.39 is 5.91 Å². The van der Waals surface area contributed by atoms with E-state index >= 15 is 0 Å². The number of nitrogens with one attached hydrogen (secondary N) is 1. The minimum absolute atomic E-state index is 0.0257. The van der Waals surface area contributed by atoms with Crippen molar-refractivity contribution in [3.8, 4) is 0 Å². The minimum Gasteiger partial charge on any atom is -0.383 e. The van der Waals surface area contributed by atoms with Crippen molar-refractivity contribution < 1.29 is 14.4 Å². The molecule has 3 N–H and O–H groups in total. The molecule has 1 saturated heterocycles. The summed E-state index contributed by atoms with van der Waals surface area (Å²) in [5, 5.41) is 7.80. The number of amides is 3. The van der Waals surface area contributed by atoms with Crippen LogP contribution in [0.1, 0.15) is 34.9 Å². The molecule has 188 valence electrons. The molecule has 1 aliphatic heterocycles. The summed E-state index contributed by atoms with van der Waals surface area (Å²) in [4.78, 5) is 49.2. The Morgan fingerprint density at radius 3 is 2.78 bits per heavy atom. The summed E-state index contributed by atoms with van der Waals surface area (Å²) in [6.07, 6.45) is 4.42. The Morgan fingerprint density at radius 1 is 1.31 bits per heavy atom. The van der Waals surface area contributed by atoms with E-state index in [1.807, 2.05) is 0 Å². The van der Waals surface area contributed by atoms with Gasteiger partial charge in [-0.3, -0.25) is 14.4 Å². The molecule has 4 rings (SSSR count). The molecule has 36 heavy (non-hydrogen) atoms. The first-order chi connectivity index (χ1) is 17.2. The van der Waals surface area contributed by atoms with E-state index in [0.29, 0.717) is 34.3 Å². The Hall–Kier alpha value is -3.80. The van der Waals surface area contributed by atoms with Crippen LogP contribution in [0.25, 0.3) is 11.0 Å². The molecule has 2 aromatic heterocycles. The molecular formula is C24H27BrN8O3. The van der Waals surface area contributed by atoms with Gasteiger partial charge < -0.3 is 20.9 Å². The van der Waals surface area contributed by atoms with Gasteiger partial charge >= 0.3 is 0 Å². The second-order valence-corrected chi connectivity index (χ2v) is 9.62. The topological polar surface area (TPSA) is 139 Å². The predicted molar refractivity (Wildman–Crippen MR) is 139 cm³/mol. The highest BCUT2D eigenvalue weighted by atomic mass is 79.9. The first kappa shape index (κ1) is 25.3. The van der Waals surface area contributed by atoms with Crippen molar-refractivity contribution in [1.82, 2.24) is 29.5 Å². The highest BCUT2D eigenvalue weighted by Gasteiger charge is 2.29. The number of carbonyl (C=O) groups excluding carboxylic acids is 3. The van der Waals surface area contributed by atoms with Crippen LogP contribution in [0.3, 0.4) is 0 Å². The lowest BCUT2D eigenvalue weighted by Gasteiger charge is -2.32. The van der Waals surface area contributed by atoms with Crippen LogP contribution in [0.2, 0.25) is 0 Å². The number of nitrogens with zero attached hydrogens (tertiary/aromatic N) is 6. The number of hydrogen-bond donors (Lipinski definition) is 2. The zero-order valence-electron chi connectivity index (χ0n) is 20.1. The average Bonchev–Trinajstić information content (AvgIpc) is 3.26. The highest BCUT2D eigenvalue weighted by molar-refractivity contribution is 9.10. The smallest absolute Gasteiger partial charge is 0.277 e. The SMILES string of the molecule is C=CC(=O)N1CCC[C@@H](n2nc(C(=O)Nc3ccc(CC(=O)N(C)C)cc3Br)c3c(N)ncnc32)C1. The molecule has 3 amide bonds. The van der Waals surface area contributed by atoms with Gasteiger partial charge in [-0.25, -0.2) is 14.6 Å². The normalized spacial score (nSPS) is 15.5. The summed E-state index contributed by atoms with van der Waals surface area (Å²) in [6.45, 7) is 4.63. The molecule has 1 atom stereocenters. The van der Waals surface area contributed by atoms with E-state index in [2.05, 4.69) is 42.9 Å². The monoisotopic (exact) mass is 554 g/mol. The van der Waals surface area contributed by atoms with E-state index in [0.717, 1.165) is 18.4 Å². The highest BCUT2D eigenvalue weighted by Crippen LogP contribution is 2.30. The fourth-order valence-electron chi connectivity index (χ4n) is 4.18. The number of aromatic nitrogens is 4. The third kappa shape index (κ3) is 5.08. The van der Waals surface area contributed by atoms with Crippen LogP contribution in [0.4, 0.5) is 11.5 Å². The lowest BCUT2D eigenvalue weighted by molar-refractivity contribution is -0.128. The van der Waals surface area contributed by atoms with Gasteiger partial charge in [0.05, 0.1) is 23.5 Å². The standard InChI is InChI=1S/C24H27BrN8O3/c1-4-18(34)32-9-5-6-15(12-32)33-23-20(22(26)27-13-28-23)21(30-33)24(36)29-17-8-7-14(10-16(17)25)11-19(35)31(2)3/h4,7-8,10,13,15H,1,5-6,9,11-12H2,2-3H3,(H,29,36)(H2,26,27,28)/t15-/m1/s1. The van der Waals surface area contributed by atoms with E-state index in [4.69, 9.17) is 5.73 Å². The summed E-state index contributed by atoms with van der Waals surface area (Å²) < 4.78 is 2.29. The van der Waals surface area contributed by atoms with Crippen LogP contribution in [-0.2, 0) is 16.0 Å². The summed E-state index contributed by atoms with van der Waals surface area (Å²) >= 11 is 3.47. The Morgan fingerprint density at radius 2 is 2.08 bits per heavy atom. The van der Waals surface area contributed by atoms with Gasteiger partial charge in [0.15, 0.2) is 11.3 Å². The molecule has 3 heterocycles. The molecule has 1 aliphatic rings. The zero-order chi connectivity index (χ0) is 26.0. The molecule has 11 nitrogen and oxygen atoms in total. The van der Waals surface area contributed by atoms with Crippen LogP contribution in [0.15, 0.2) is 41.7 Å². The second-order valence-electron chi connectivity index (χ2n) is 8.77. The van der Waals surface area contributed by atoms with Gasteiger partial charge in [0, 0.05) is 31.7 Å². The third-order valence-electron chi connectivity index (χ3n) is 6.10. The molecule has 3 aromatic rings. The van der Waals surface area contributed by atoms with Crippen molar-refractivity contribution >= 4 is 56.2 Å². The van der Waals surface area contributed by atoms with Crippen molar-refractivity contribution in [2.45, 2.75) is 25.3 Å². The molecule has 1 fully saturated rings. The quantitative estimate of drug-likeness (QED) is 0.446. The van der Waals surface area contributed by atoms with Crippen LogP contribution in [-0.4, -0.2) is 74.5 Å². The zero-order valence-corrected chi connectivity index (χ0v) is 21.7. The van der Waals surface area contributed by atoms with Crippen molar-refractivity contribution in [2.24, 2.45) is 0 Å². The third-order valence-corrected chi connectivity index (χ3v) is 6.75. The number of likely N-dealkylation sites (tertiary alicyclic amines) is 1. The summed E-state index contributed by atoms with van der Waals surface area (Å²) in [6, 6.07) is 5.11. The van der Waals surface area contributed by atoms with Crippen LogP contribution in [0, 0.1) is 0 Å².